The molecule has 0 bridgehead atoms. The van der Waals surface area contributed by atoms with Crippen molar-refractivity contribution in [3.05, 3.63) is 103 Å². The van der Waals surface area contributed by atoms with Gasteiger partial charge >= 0.3 is 12.1 Å². The molecule has 0 amide bonds. The van der Waals surface area contributed by atoms with Crippen molar-refractivity contribution in [2.45, 2.75) is 44.7 Å². The number of rotatable bonds is 9. The zero-order valence-corrected chi connectivity index (χ0v) is 23.8. The SMILES string of the molecule is CN(Cc1c(Cl)cc(Cl)c(=O)n1CCc1ccc(C(=O)O)cc1)C1CCN(Cc2ccccc2)C1.O=CC(F)(F)F. The molecule has 12 heteroatoms. The Morgan fingerprint density at radius 1 is 1.07 bits per heavy atom. The Balaban J connectivity index is 0.000000696. The summed E-state index contributed by atoms with van der Waals surface area (Å²) in [7, 11) is 2.07. The number of carboxylic acids is 1. The highest BCUT2D eigenvalue weighted by atomic mass is 35.5. The van der Waals surface area contributed by atoms with E-state index in [0.717, 1.165) is 37.3 Å². The Bertz CT molecular complexity index is 1380. The number of carboxylic acid groups (broad SMARTS) is 1. The molecule has 7 nitrogen and oxygen atoms in total. The van der Waals surface area contributed by atoms with E-state index in [1.54, 1.807) is 28.8 Å². The summed E-state index contributed by atoms with van der Waals surface area (Å²) in [6.07, 6.45) is -4.09. The predicted molar refractivity (Wildman–Crippen MR) is 152 cm³/mol. The molecule has 0 aliphatic carbocycles. The standard InChI is InChI=1S/C27H29Cl2N3O3.C2HF3O/c1-30(22-12-13-31(17-22)16-20-5-3-2-4-6-20)18-25-23(28)15-24(29)26(33)32(25)14-11-19-7-9-21(10-8-19)27(34)35;3-2(4,5)1-6/h2-10,15,22H,11-14,16-18H2,1H3,(H,34,35);1H. The summed E-state index contributed by atoms with van der Waals surface area (Å²) in [5, 5.41) is 9.67. The van der Waals surface area contributed by atoms with Crippen molar-refractivity contribution in [2.75, 3.05) is 20.1 Å². The molecule has 1 atom stereocenters. The number of likely N-dealkylation sites (N-methyl/N-ethyl adjacent to an activating group) is 1. The summed E-state index contributed by atoms with van der Waals surface area (Å²) < 4.78 is 32.9. The third-order valence-electron chi connectivity index (χ3n) is 6.78. The van der Waals surface area contributed by atoms with Crippen LogP contribution in [0.2, 0.25) is 10.0 Å². The predicted octanol–water partition coefficient (Wildman–Crippen LogP) is 5.55. The lowest BCUT2D eigenvalue weighted by Crippen LogP contribution is -2.36. The topological polar surface area (TPSA) is 82.8 Å². The van der Waals surface area contributed by atoms with Crippen molar-refractivity contribution >= 4 is 35.5 Å². The fourth-order valence-electron chi connectivity index (χ4n) is 4.61. The van der Waals surface area contributed by atoms with E-state index in [9.17, 15) is 22.8 Å². The number of carbonyl (C=O) groups excluding carboxylic acids is 1. The van der Waals surface area contributed by atoms with Gasteiger partial charge in [-0.1, -0.05) is 65.7 Å². The number of hydrogen-bond acceptors (Lipinski definition) is 5. The molecule has 1 unspecified atom stereocenters. The minimum atomic E-state index is -4.64. The van der Waals surface area contributed by atoms with Gasteiger partial charge in [0.05, 0.1) is 16.3 Å². The first-order chi connectivity index (χ1) is 19.4. The highest BCUT2D eigenvalue weighted by molar-refractivity contribution is 6.34. The monoisotopic (exact) mass is 611 g/mol. The van der Waals surface area contributed by atoms with Gasteiger partial charge in [-0.25, -0.2) is 4.79 Å². The van der Waals surface area contributed by atoms with Crippen LogP contribution >= 0.6 is 23.2 Å². The zero-order valence-electron chi connectivity index (χ0n) is 22.3. The highest BCUT2D eigenvalue weighted by Gasteiger charge is 2.27. The minimum absolute atomic E-state index is 0.0949. The van der Waals surface area contributed by atoms with Crippen molar-refractivity contribution in [2.24, 2.45) is 0 Å². The van der Waals surface area contributed by atoms with E-state index in [4.69, 9.17) is 33.1 Å². The van der Waals surface area contributed by atoms with Crippen LogP contribution in [0, 0.1) is 0 Å². The maximum atomic E-state index is 12.9. The molecule has 1 aliphatic rings. The number of carbonyl (C=O) groups is 2. The molecule has 1 fully saturated rings. The smallest absolute Gasteiger partial charge is 0.446 e. The van der Waals surface area contributed by atoms with Crippen LogP contribution in [0.4, 0.5) is 13.2 Å². The number of alkyl halides is 3. The van der Waals surface area contributed by atoms with Crippen molar-refractivity contribution < 1.29 is 27.9 Å². The number of aryl methyl sites for hydroxylation is 1. The summed E-state index contributed by atoms with van der Waals surface area (Å²) in [5.41, 5.74) is 2.95. The second-order valence-corrected chi connectivity index (χ2v) is 10.5. The van der Waals surface area contributed by atoms with Crippen LogP contribution in [-0.4, -0.2) is 64.1 Å². The molecule has 41 heavy (non-hydrogen) atoms. The molecule has 2 heterocycles. The molecule has 2 aromatic carbocycles. The van der Waals surface area contributed by atoms with Crippen LogP contribution in [0.1, 0.15) is 33.6 Å². The van der Waals surface area contributed by atoms with Gasteiger partial charge in [0.15, 0.2) is 0 Å². The van der Waals surface area contributed by atoms with E-state index in [2.05, 4.69) is 41.1 Å². The van der Waals surface area contributed by atoms with Crippen molar-refractivity contribution in [3.8, 4) is 0 Å². The van der Waals surface area contributed by atoms with Gasteiger partial charge in [-0.3, -0.25) is 19.4 Å². The Morgan fingerprint density at radius 2 is 1.71 bits per heavy atom. The maximum absolute atomic E-state index is 12.9. The number of benzene rings is 2. The molecule has 3 aromatic rings. The largest absolute Gasteiger partial charge is 0.478 e. The highest BCUT2D eigenvalue weighted by Crippen LogP contribution is 2.24. The lowest BCUT2D eigenvalue weighted by molar-refractivity contribution is -0.156. The van der Waals surface area contributed by atoms with Gasteiger partial charge < -0.3 is 9.67 Å². The third kappa shape index (κ3) is 9.71. The summed E-state index contributed by atoms with van der Waals surface area (Å²) in [6.45, 7) is 3.85. The van der Waals surface area contributed by atoms with Gasteiger partial charge in [-0.15, -0.1) is 0 Å². The zero-order chi connectivity index (χ0) is 30.2. The Kier molecular flexibility index (Phi) is 11.5. The van der Waals surface area contributed by atoms with Gasteiger partial charge in [0.1, 0.15) is 5.02 Å². The molecular weight excluding hydrogens is 582 g/mol. The van der Waals surface area contributed by atoms with Crippen LogP contribution in [0.3, 0.4) is 0 Å². The molecule has 220 valence electrons. The van der Waals surface area contributed by atoms with Gasteiger partial charge in [0.25, 0.3) is 5.56 Å². The molecule has 1 saturated heterocycles. The molecule has 0 radical (unpaired) electrons. The van der Waals surface area contributed by atoms with Gasteiger partial charge in [-0.2, -0.15) is 13.2 Å². The Hall–Kier alpha value is -3.18. The van der Waals surface area contributed by atoms with Crippen LogP contribution in [0.25, 0.3) is 0 Å². The second kappa shape index (κ2) is 14.6. The first-order valence-electron chi connectivity index (χ1n) is 12.8. The van der Waals surface area contributed by atoms with Crippen molar-refractivity contribution in [1.29, 1.82) is 0 Å². The van der Waals surface area contributed by atoms with Crippen LogP contribution in [0.15, 0.2) is 65.5 Å². The summed E-state index contributed by atoms with van der Waals surface area (Å²) in [4.78, 5) is 37.4. The first kappa shape index (κ1) is 32.3. The summed E-state index contributed by atoms with van der Waals surface area (Å²) in [5.74, 6) is -0.964. The Morgan fingerprint density at radius 3 is 2.29 bits per heavy atom. The van der Waals surface area contributed by atoms with E-state index in [0.29, 0.717) is 30.6 Å². The van der Waals surface area contributed by atoms with Gasteiger partial charge in [0.2, 0.25) is 6.29 Å². The van der Waals surface area contributed by atoms with Crippen LogP contribution < -0.4 is 5.56 Å². The molecule has 1 N–H and O–H groups in total. The maximum Gasteiger partial charge on any atom is 0.446 e. The number of aromatic carboxylic acids is 1. The average molecular weight is 612 g/mol. The first-order valence-corrected chi connectivity index (χ1v) is 13.5. The Labute approximate surface area is 245 Å². The van der Waals surface area contributed by atoms with Gasteiger partial charge in [-0.05, 0) is 49.2 Å². The van der Waals surface area contributed by atoms with Crippen molar-refractivity contribution in [3.63, 3.8) is 0 Å². The van der Waals surface area contributed by atoms with Crippen molar-refractivity contribution in [1.82, 2.24) is 14.4 Å². The number of likely N-dealkylation sites (tertiary alicyclic amines) is 1. The van der Waals surface area contributed by atoms with E-state index in [1.165, 1.54) is 11.6 Å². The van der Waals surface area contributed by atoms with Crippen LogP contribution in [0.5, 0.6) is 0 Å². The minimum Gasteiger partial charge on any atom is -0.478 e. The second-order valence-electron chi connectivity index (χ2n) is 9.73. The molecule has 1 aromatic heterocycles. The van der Waals surface area contributed by atoms with E-state index in [1.807, 2.05) is 6.07 Å². The van der Waals surface area contributed by atoms with Gasteiger partial charge in [0, 0.05) is 38.8 Å². The normalized spacial score (nSPS) is 15.4. The average Bonchev–Trinajstić information content (AvgIpc) is 3.40. The number of aldehydes is 1. The van der Waals surface area contributed by atoms with E-state index >= 15 is 0 Å². The van der Waals surface area contributed by atoms with Crippen LogP contribution in [-0.2, 0) is 30.8 Å². The summed E-state index contributed by atoms with van der Waals surface area (Å²) in [6, 6.07) is 19.0. The molecular formula is C29H30Cl2F3N3O4. The van der Waals surface area contributed by atoms with E-state index < -0.39 is 18.4 Å². The number of pyridine rings is 1. The molecule has 4 rings (SSSR count). The number of halogens is 5. The number of hydrogen-bond donors (Lipinski definition) is 1. The third-order valence-corrected chi connectivity index (χ3v) is 7.38. The summed E-state index contributed by atoms with van der Waals surface area (Å²) >= 11 is 12.8. The fourth-order valence-corrected chi connectivity index (χ4v) is 5.15. The van der Waals surface area contributed by atoms with E-state index in [-0.39, 0.29) is 16.1 Å². The fraction of sp³-hybridized carbons (Fsp3) is 0.345. The number of nitrogens with zero attached hydrogens (tertiary/aromatic N) is 3. The quantitative estimate of drug-likeness (QED) is 0.319. The lowest BCUT2D eigenvalue weighted by atomic mass is 10.1. The lowest BCUT2D eigenvalue weighted by Gasteiger charge is -2.27. The molecule has 0 saturated carbocycles. The number of aromatic nitrogens is 1. The molecule has 1 aliphatic heterocycles. The molecule has 0 spiro atoms.